The first kappa shape index (κ1) is 44.5. The molecule has 2 fully saturated rings. The van der Waals surface area contributed by atoms with Gasteiger partial charge in [-0.25, -0.2) is 0 Å². The molecule has 3 aliphatic heterocycles. The largest absolute Gasteiger partial charge is 0.444 e. The van der Waals surface area contributed by atoms with Gasteiger partial charge < -0.3 is 23.9 Å². The number of nitrogens with zero attached hydrogens (tertiary/aromatic N) is 4. The fourth-order valence-corrected chi connectivity index (χ4v) is 9.65. The molecule has 6 aromatic rings. The number of benzene rings is 4. The maximum atomic E-state index is 13.7. The number of nitrogens with one attached hydrogen (secondary N) is 1. The lowest BCUT2D eigenvalue weighted by atomic mass is 9.87. The number of piperidine rings is 1. The van der Waals surface area contributed by atoms with Crippen molar-refractivity contribution in [3.8, 4) is 0 Å². The van der Waals surface area contributed by atoms with Gasteiger partial charge in [-0.1, -0.05) is 98.5 Å². The van der Waals surface area contributed by atoms with Crippen molar-refractivity contribution in [2.24, 2.45) is 11.3 Å². The zero-order chi connectivity index (χ0) is 45.8. The van der Waals surface area contributed by atoms with Crippen LogP contribution in [-0.4, -0.2) is 57.5 Å². The van der Waals surface area contributed by atoms with Gasteiger partial charge in [-0.15, -0.1) is 0 Å². The van der Waals surface area contributed by atoms with Gasteiger partial charge in [0.15, 0.2) is 13.5 Å². The summed E-state index contributed by atoms with van der Waals surface area (Å²) >= 11 is 0. The van der Waals surface area contributed by atoms with Gasteiger partial charge >= 0.3 is 11.9 Å². The summed E-state index contributed by atoms with van der Waals surface area (Å²) in [6.07, 6.45) is 17.9. The Morgan fingerprint density at radius 1 is 0.667 bits per heavy atom. The Morgan fingerprint density at radius 3 is 1.89 bits per heavy atom. The fourth-order valence-electron chi connectivity index (χ4n) is 9.65. The number of carbonyl (C=O) groups is 4. The zero-order valence-corrected chi connectivity index (χ0v) is 38.3. The van der Waals surface area contributed by atoms with Crippen LogP contribution >= 0.6 is 0 Å². The van der Waals surface area contributed by atoms with Gasteiger partial charge in [0.2, 0.25) is 0 Å². The molecule has 0 radical (unpaired) electrons. The van der Waals surface area contributed by atoms with Crippen LogP contribution in [0.15, 0.2) is 109 Å². The maximum Gasteiger partial charge on any atom is 0.312 e. The highest BCUT2D eigenvalue weighted by Gasteiger charge is 2.34. The Balaban J connectivity index is 0.000000167. The summed E-state index contributed by atoms with van der Waals surface area (Å²) in [5.41, 5.74) is 8.26. The predicted molar refractivity (Wildman–Crippen MR) is 262 cm³/mol. The second kappa shape index (κ2) is 19.4. The van der Waals surface area contributed by atoms with E-state index in [1.54, 1.807) is 0 Å². The molecular weight excluding hydrogens is 827 g/mol. The van der Waals surface area contributed by atoms with Crippen LogP contribution in [0, 0.1) is 11.3 Å². The van der Waals surface area contributed by atoms with Gasteiger partial charge in [0.1, 0.15) is 0 Å². The smallest absolute Gasteiger partial charge is 0.312 e. The molecule has 66 heavy (non-hydrogen) atoms. The molecule has 2 aromatic heterocycles. The monoisotopic (exact) mass is 885 g/mol. The second-order valence-corrected chi connectivity index (χ2v) is 19.0. The molecule has 10 rings (SSSR count). The van der Waals surface area contributed by atoms with Gasteiger partial charge in [0, 0.05) is 68.7 Å². The van der Waals surface area contributed by atoms with Crippen molar-refractivity contribution < 1.29 is 28.7 Å². The van der Waals surface area contributed by atoms with E-state index in [2.05, 4.69) is 10.2 Å². The standard InChI is InChI=1S/C29H33N3O3.C26H26N2O3/c1-29(2,3)28(34)35-20-31-18-21(22-11-5-7-13-25(22)31)17-24-23-12-6-8-14-26(23)32(27(24)33)19-30-15-9-4-10-16-30;29-25(14-18-8-2-1-3-9-18)31-17-28-16-19(20-10-5-7-13-24(20)28)15-22-21-11-4-6-12-23(21)27-26(22)30/h5-8,11-14,17-18H,4,9-10,15-16,19-20H2,1-3H3;4-7,10-13,15-16,18H,1-3,8-9,14,17H2,(H,27,30). The van der Waals surface area contributed by atoms with Crippen LogP contribution in [0.5, 0.6) is 0 Å². The van der Waals surface area contributed by atoms with Crippen LogP contribution in [0.4, 0.5) is 11.4 Å². The number of aromatic nitrogens is 2. The molecular formula is C55H59N5O6. The minimum Gasteiger partial charge on any atom is -0.444 e. The van der Waals surface area contributed by atoms with Gasteiger partial charge in [-0.05, 0) is 102 Å². The molecule has 1 saturated carbocycles. The number of para-hydroxylation sites is 4. The van der Waals surface area contributed by atoms with Crippen LogP contribution in [0.25, 0.3) is 45.1 Å². The normalized spacial score (nSPS) is 17.8. The number of hydrogen-bond donors (Lipinski definition) is 1. The van der Waals surface area contributed by atoms with Crippen molar-refractivity contribution in [1.29, 1.82) is 0 Å². The summed E-state index contributed by atoms with van der Waals surface area (Å²) in [5, 5.41) is 4.96. The molecule has 11 nitrogen and oxygen atoms in total. The van der Waals surface area contributed by atoms with E-state index in [1.807, 2.05) is 156 Å². The van der Waals surface area contributed by atoms with E-state index in [4.69, 9.17) is 9.47 Å². The number of hydrogen-bond acceptors (Lipinski definition) is 7. The molecule has 1 saturated heterocycles. The van der Waals surface area contributed by atoms with E-state index in [0.717, 1.165) is 81.4 Å². The molecule has 11 heteroatoms. The SMILES string of the molecule is CC(C)(C)C(=O)OCn1cc(C=C2C(=O)N(CN3CCCCC3)c3ccccc32)c2ccccc21.O=C(CC1CCCCC1)OCn1cc(C=C2C(=O)Nc3ccccc32)c2ccccc21. The number of ether oxygens (including phenoxy) is 2. The first-order chi connectivity index (χ1) is 32.0. The highest BCUT2D eigenvalue weighted by atomic mass is 16.5. The molecule has 2 amide bonds. The predicted octanol–water partition coefficient (Wildman–Crippen LogP) is 11.1. The van der Waals surface area contributed by atoms with Crippen LogP contribution in [-0.2, 0) is 42.1 Å². The Bertz CT molecular complexity index is 2850. The third-order valence-electron chi connectivity index (χ3n) is 13.2. The molecule has 340 valence electrons. The Labute approximate surface area is 386 Å². The number of rotatable bonds is 10. The third-order valence-corrected chi connectivity index (χ3v) is 13.2. The maximum absolute atomic E-state index is 13.7. The molecule has 0 spiro atoms. The Hall–Kier alpha value is -6.72. The number of fused-ring (bicyclic) bond motifs is 4. The summed E-state index contributed by atoms with van der Waals surface area (Å²) in [4.78, 5) is 55.2. The molecule has 0 unspecified atom stereocenters. The van der Waals surface area contributed by atoms with E-state index < -0.39 is 5.41 Å². The molecule has 4 aromatic carbocycles. The Kier molecular flexibility index (Phi) is 13.1. The van der Waals surface area contributed by atoms with E-state index >= 15 is 0 Å². The second-order valence-electron chi connectivity index (χ2n) is 19.0. The van der Waals surface area contributed by atoms with E-state index in [-0.39, 0.29) is 37.2 Å². The number of anilines is 2. The van der Waals surface area contributed by atoms with Gasteiger partial charge in [0.25, 0.3) is 11.8 Å². The third kappa shape index (κ3) is 9.63. The van der Waals surface area contributed by atoms with Crippen LogP contribution in [0.1, 0.15) is 101 Å². The lowest BCUT2D eigenvalue weighted by Crippen LogP contribution is -2.42. The molecule has 0 atom stereocenters. The number of likely N-dealkylation sites (tertiary alicyclic amines) is 1. The average molecular weight is 886 g/mol. The first-order valence-electron chi connectivity index (χ1n) is 23.5. The van der Waals surface area contributed by atoms with Crippen molar-refractivity contribution >= 4 is 80.2 Å². The minimum atomic E-state index is -0.564. The fraction of sp³-hybridized carbons (Fsp3) is 0.345. The van der Waals surface area contributed by atoms with Gasteiger partial charge in [0.05, 0.1) is 28.8 Å². The molecule has 0 bridgehead atoms. The topological polar surface area (TPSA) is 115 Å². The minimum absolute atomic E-state index is 0.0350. The number of esters is 2. The first-order valence-corrected chi connectivity index (χ1v) is 23.5. The van der Waals surface area contributed by atoms with Crippen molar-refractivity contribution in [3.05, 3.63) is 132 Å². The zero-order valence-electron chi connectivity index (χ0n) is 38.3. The van der Waals surface area contributed by atoms with Crippen molar-refractivity contribution in [2.75, 3.05) is 30.0 Å². The van der Waals surface area contributed by atoms with Crippen molar-refractivity contribution in [3.63, 3.8) is 0 Å². The molecule has 1 aliphatic carbocycles. The van der Waals surface area contributed by atoms with Gasteiger partial charge in [-0.2, -0.15) is 0 Å². The number of amides is 2. The summed E-state index contributed by atoms with van der Waals surface area (Å²) in [5.74, 6) is 0.0192. The van der Waals surface area contributed by atoms with Crippen molar-refractivity contribution in [1.82, 2.24) is 14.0 Å². The summed E-state index contributed by atoms with van der Waals surface area (Å²) in [6.45, 7) is 8.53. The summed E-state index contributed by atoms with van der Waals surface area (Å²) < 4.78 is 15.1. The van der Waals surface area contributed by atoms with E-state index in [0.29, 0.717) is 30.2 Å². The van der Waals surface area contributed by atoms with Crippen LogP contribution in [0.2, 0.25) is 0 Å². The van der Waals surface area contributed by atoms with E-state index in [1.165, 1.54) is 38.5 Å². The molecule has 5 heterocycles. The highest BCUT2D eigenvalue weighted by Crippen LogP contribution is 2.39. The Morgan fingerprint density at radius 2 is 1.23 bits per heavy atom. The van der Waals surface area contributed by atoms with Crippen LogP contribution < -0.4 is 10.2 Å². The quantitative estimate of drug-likeness (QED) is 0.108. The summed E-state index contributed by atoms with van der Waals surface area (Å²) in [7, 11) is 0. The van der Waals surface area contributed by atoms with Crippen molar-refractivity contribution in [2.45, 2.75) is 92.0 Å². The highest BCUT2D eigenvalue weighted by molar-refractivity contribution is 6.36. The van der Waals surface area contributed by atoms with Gasteiger partial charge in [-0.3, -0.25) is 29.0 Å². The lowest BCUT2D eigenvalue weighted by Gasteiger charge is -2.30. The van der Waals surface area contributed by atoms with Crippen LogP contribution in [0.3, 0.4) is 0 Å². The number of carbonyl (C=O) groups excluding carboxylic acids is 4. The average Bonchev–Trinajstić information content (AvgIpc) is 4.04. The lowest BCUT2D eigenvalue weighted by molar-refractivity contribution is -0.156. The van der Waals surface area contributed by atoms with E-state index in [9.17, 15) is 19.2 Å². The molecule has 1 N–H and O–H groups in total. The summed E-state index contributed by atoms with van der Waals surface area (Å²) in [6, 6.07) is 31.7. The molecule has 4 aliphatic rings.